The van der Waals surface area contributed by atoms with Gasteiger partial charge in [-0.2, -0.15) is 0 Å². The van der Waals surface area contributed by atoms with Crippen molar-refractivity contribution in [2.45, 2.75) is 32.4 Å². The highest BCUT2D eigenvalue weighted by Crippen LogP contribution is 2.12. The lowest BCUT2D eigenvalue weighted by Gasteiger charge is -2.25. The van der Waals surface area contributed by atoms with Gasteiger partial charge in [0.05, 0.1) is 6.33 Å². The number of nitrogens with zero attached hydrogens (tertiary/aromatic N) is 2. The lowest BCUT2D eigenvalue weighted by molar-refractivity contribution is 0.230. The van der Waals surface area contributed by atoms with Crippen LogP contribution in [0.15, 0.2) is 43.0 Å². The van der Waals surface area contributed by atoms with Gasteiger partial charge in [-0.25, -0.2) is 4.98 Å². The quantitative estimate of drug-likeness (QED) is 0.835. The van der Waals surface area contributed by atoms with E-state index >= 15 is 0 Å². The Morgan fingerprint density at radius 2 is 2.00 bits per heavy atom. The van der Waals surface area contributed by atoms with E-state index in [0.717, 1.165) is 18.7 Å². The lowest BCUT2D eigenvalue weighted by atomic mass is 10.0. The number of nitrogens with one attached hydrogen (secondary N) is 1. The molecule has 2 rings (SSSR count). The summed E-state index contributed by atoms with van der Waals surface area (Å²) in [7, 11) is 0. The average molecular weight is 259 g/mol. The van der Waals surface area contributed by atoms with Crippen molar-refractivity contribution in [3.8, 4) is 5.69 Å². The summed E-state index contributed by atoms with van der Waals surface area (Å²) in [6.45, 7) is 5.21. The molecule has 0 aliphatic rings. The third-order valence-electron chi connectivity index (χ3n) is 3.25. The third kappa shape index (κ3) is 3.91. The third-order valence-corrected chi connectivity index (χ3v) is 3.25. The zero-order valence-corrected chi connectivity index (χ0v) is 11.5. The highest BCUT2D eigenvalue weighted by atomic mass is 16.3. The minimum Gasteiger partial charge on any atom is -0.396 e. The Morgan fingerprint density at radius 1 is 1.26 bits per heavy atom. The number of hydrogen-bond donors (Lipinski definition) is 2. The Morgan fingerprint density at radius 3 is 2.58 bits per heavy atom. The molecule has 0 saturated heterocycles. The maximum absolute atomic E-state index is 8.99. The van der Waals surface area contributed by atoms with Gasteiger partial charge in [0.15, 0.2) is 0 Å². The van der Waals surface area contributed by atoms with Crippen molar-refractivity contribution >= 4 is 0 Å². The molecule has 2 aromatic rings. The van der Waals surface area contributed by atoms with Crippen molar-refractivity contribution in [2.24, 2.45) is 0 Å². The molecule has 1 aromatic carbocycles. The largest absolute Gasteiger partial charge is 0.396 e. The molecular formula is C15H21N3O. The molecule has 4 nitrogen and oxygen atoms in total. The highest BCUT2D eigenvalue weighted by molar-refractivity contribution is 5.34. The summed E-state index contributed by atoms with van der Waals surface area (Å²) >= 11 is 0. The maximum Gasteiger partial charge on any atom is 0.0991 e. The summed E-state index contributed by atoms with van der Waals surface area (Å²) in [6.07, 6.45) is 6.24. The Labute approximate surface area is 114 Å². The topological polar surface area (TPSA) is 50.1 Å². The summed E-state index contributed by atoms with van der Waals surface area (Å²) < 4.78 is 1.98. The number of aliphatic hydroxyl groups excluding tert-OH is 1. The van der Waals surface area contributed by atoms with Gasteiger partial charge in [-0.15, -0.1) is 0 Å². The minimum absolute atomic E-state index is 0.0439. The van der Waals surface area contributed by atoms with Gasteiger partial charge in [0, 0.05) is 36.8 Å². The van der Waals surface area contributed by atoms with Crippen molar-refractivity contribution in [1.82, 2.24) is 14.9 Å². The number of aromatic nitrogens is 2. The van der Waals surface area contributed by atoms with Crippen molar-refractivity contribution in [1.29, 1.82) is 0 Å². The molecule has 0 amide bonds. The number of imidazole rings is 1. The molecule has 4 heteroatoms. The van der Waals surface area contributed by atoms with E-state index in [1.807, 2.05) is 10.8 Å². The van der Waals surface area contributed by atoms with Crippen LogP contribution in [0.5, 0.6) is 0 Å². The number of rotatable bonds is 6. The molecule has 0 bridgehead atoms. The molecule has 1 aromatic heterocycles. The van der Waals surface area contributed by atoms with Crippen molar-refractivity contribution < 1.29 is 5.11 Å². The molecule has 0 atom stereocenters. The highest BCUT2D eigenvalue weighted by Gasteiger charge is 2.15. The Kier molecular flexibility index (Phi) is 4.35. The van der Waals surface area contributed by atoms with Crippen LogP contribution >= 0.6 is 0 Å². The molecule has 102 valence electrons. The molecule has 1 heterocycles. The molecular weight excluding hydrogens is 238 g/mol. The number of hydrogen-bond acceptors (Lipinski definition) is 3. The molecule has 0 aliphatic carbocycles. The Balaban J connectivity index is 1.96. The van der Waals surface area contributed by atoms with E-state index in [1.165, 1.54) is 5.56 Å². The Hall–Kier alpha value is -1.65. The summed E-state index contributed by atoms with van der Waals surface area (Å²) in [6, 6.07) is 8.38. The predicted molar refractivity (Wildman–Crippen MR) is 76.2 cm³/mol. The minimum atomic E-state index is -0.0439. The van der Waals surface area contributed by atoms with E-state index in [2.05, 4.69) is 48.4 Å². The normalized spacial score (nSPS) is 11.7. The second kappa shape index (κ2) is 5.99. The van der Waals surface area contributed by atoms with E-state index in [0.29, 0.717) is 0 Å². The second-order valence-corrected chi connectivity index (χ2v) is 5.35. The smallest absolute Gasteiger partial charge is 0.0991 e. The molecule has 0 aliphatic heterocycles. The summed E-state index contributed by atoms with van der Waals surface area (Å²) in [5.41, 5.74) is 2.29. The zero-order valence-electron chi connectivity index (χ0n) is 11.5. The average Bonchev–Trinajstić information content (AvgIpc) is 2.91. The number of aliphatic hydroxyl groups is 1. The molecule has 0 fully saturated rings. The standard InChI is InChI=1S/C15H21N3O/c1-15(2,7-10-19)17-11-13-3-5-14(6-4-13)18-9-8-16-12-18/h3-6,8-9,12,17,19H,7,10-11H2,1-2H3. The fourth-order valence-corrected chi connectivity index (χ4v) is 1.91. The van der Waals surface area contributed by atoms with Crippen LogP contribution in [0.3, 0.4) is 0 Å². The van der Waals surface area contributed by atoms with Gasteiger partial charge in [0.25, 0.3) is 0 Å². The van der Waals surface area contributed by atoms with E-state index in [9.17, 15) is 0 Å². The van der Waals surface area contributed by atoms with Crippen LogP contribution in [-0.4, -0.2) is 26.8 Å². The van der Waals surface area contributed by atoms with Gasteiger partial charge in [-0.05, 0) is 38.0 Å². The van der Waals surface area contributed by atoms with Crippen molar-refractivity contribution in [3.05, 3.63) is 48.5 Å². The monoisotopic (exact) mass is 259 g/mol. The van der Waals surface area contributed by atoms with Crippen molar-refractivity contribution in [2.75, 3.05) is 6.61 Å². The van der Waals surface area contributed by atoms with Gasteiger partial charge in [-0.3, -0.25) is 0 Å². The van der Waals surface area contributed by atoms with Gasteiger partial charge in [-0.1, -0.05) is 12.1 Å². The first-order valence-corrected chi connectivity index (χ1v) is 6.54. The molecule has 0 spiro atoms. The maximum atomic E-state index is 8.99. The fraction of sp³-hybridized carbons (Fsp3) is 0.400. The molecule has 0 radical (unpaired) electrons. The van der Waals surface area contributed by atoms with Crippen LogP contribution in [0, 0.1) is 0 Å². The van der Waals surface area contributed by atoms with E-state index in [4.69, 9.17) is 5.11 Å². The second-order valence-electron chi connectivity index (χ2n) is 5.35. The molecule has 19 heavy (non-hydrogen) atoms. The van der Waals surface area contributed by atoms with Crippen LogP contribution in [0.25, 0.3) is 5.69 Å². The summed E-state index contributed by atoms with van der Waals surface area (Å²) in [5.74, 6) is 0. The van der Waals surface area contributed by atoms with Crippen LogP contribution in [0.1, 0.15) is 25.8 Å². The lowest BCUT2D eigenvalue weighted by Crippen LogP contribution is -2.39. The molecule has 0 saturated carbocycles. The predicted octanol–water partition coefficient (Wildman–Crippen LogP) is 2.12. The van der Waals surface area contributed by atoms with Crippen molar-refractivity contribution in [3.63, 3.8) is 0 Å². The zero-order chi connectivity index (χ0) is 13.7. The first kappa shape index (κ1) is 13.8. The van der Waals surface area contributed by atoms with E-state index in [-0.39, 0.29) is 12.1 Å². The van der Waals surface area contributed by atoms with Crippen LogP contribution in [-0.2, 0) is 6.54 Å². The van der Waals surface area contributed by atoms with Gasteiger partial charge in [0.1, 0.15) is 0 Å². The SMILES string of the molecule is CC(C)(CCO)NCc1ccc(-n2ccnc2)cc1. The van der Waals surface area contributed by atoms with Crippen LogP contribution in [0.2, 0.25) is 0 Å². The van der Waals surface area contributed by atoms with Gasteiger partial charge in [0.2, 0.25) is 0 Å². The summed E-state index contributed by atoms with van der Waals surface area (Å²) in [5, 5.41) is 12.4. The summed E-state index contributed by atoms with van der Waals surface area (Å²) in [4.78, 5) is 4.04. The first-order chi connectivity index (χ1) is 9.11. The van der Waals surface area contributed by atoms with Gasteiger partial charge < -0.3 is 15.0 Å². The van der Waals surface area contributed by atoms with Crippen LogP contribution < -0.4 is 5.32 Å². The van der Waals surface area contributed by atoms with E-state index < -0.39 is 0 Å². The molecule has 2 N–H and O–H groups in total. The van der Waals surface area contributed by atoms with Gasteiger partial charge >= 0.3 is 0 Å². The Bertz CT molecular complexity index is 489. The van der Waals surface area contributed by atoms with Crippen LogP contribution in [0.4, 0.5) is 0 Å². The number of benzene rings is 1. The van der Waals surface area contributed by atoms with E-state index in [1.54, 1.807) is 12.5 Å². The fourth-order valence-electron chi connectivity index (χ4n) is 1.91. The molecule has 0 unspecified atom stereocenters. The first-order valence-electron chi connectivity index (χ1n) is 6.54.